The van der Waals surface area contributed by atoms with Crippen molar-refractivity contribution in [3.8, 4) is 0 Å². The molecule has 0 spiro atoms. The van der Waals surface area contributed by atoms with Crippen LogP contribution in [0.4, 0.5) is 0 Å². The lowest BCUT2D eigenvalue weighted by molar-refractivity contribution is -0.165. The van der Waals surface area contributed by atoms with Gasteiger partial charge in [-0.05, 0) is 30.0 Å². The molecule has 0 bridgehead atoms. The average molecular weight is 356 g/mol. The Labute approximate surface area is 143 Å². The van der Waals surface area contributed by atoms with Gasteiger partial charge in [0.1, 0.15) is 5.84 Å². The molecule has 0 unspecified atom stereocenters. The summed E-state index contributed by atoms with van der Waals surface area (Å²) < 4.78 is 0. The number of hydrogen-bond donors (Lipinski definition) is 4. The highest BCUT2D eigenvalue weighted by Crippen LogP contribution is 2.11. The number of thiophene rings is 1. The normalized spacial score (nSPS) is 16.8. The highest BCUT2D eigenvalue weighted by molar-refractivity contribution is 7.10. The van der Waals surface area contributed by atoms with E-state index in [9.17, 15) is 9.59 Å². The van der Waals surface area contributed by atoms with E-state index in [1.165, 1.54) is 11.3 Å². The van der Waals surface area contributed by atoms with Crippen molar-refractivity contribution in [1.82, 2.24) is 4.90 Å². The summed E-state index contributed by atoms with van der Waals surface area (Å²) in [5, 5.41) is 34.6. The van der Waals surface area contributed by atoms with E-state index in [0.717, 1.165) is 18.9 Å². The van der Waals surface area contributed by atoms with E-state index in [1.54, 1.807) is 11.3 Å². The van der Waals surface area contributed by atoms with Crippen LogP contribution >= 0.6 is 11.3 Å². The van der Waals surface area contributed by atoms with Gasteiger partial charge in [-0.15, -0.1) is 11.3 Å². The predicted octanol–water partition coefficient (Wildman–Crippen LogP) is 0.373. The molecule has 2 rings (SSSR count). The molecule has 8 nitrogen and oxygen atoms in total. The number of rotatable bonds is 5. The molecule has 2 heterocycles. The first-order valence-corrected chi connectivity index (χ1v) is 7.99. The molecule has 132 valence electrons. The van der Waals surface area contributed by atoms with E-state index in [1.807, 2.05) is 0 Å². The number of nitrogens with zero attached hydrogens (tertiary/aromatic N) is 2. The summed E-state index contributed by atoms with van der Waals surface area (Å²) >= 11 is 1.75. The molecule has 1 aromatic rings. The highest BCUT2D eigenvalue weighted by atomic mass is 32.1. The molecule has 0 fully saturated rings. The second-order valence-corrected chi connectivity index (χ2v) is 5.91. The van der Waals surface area contributed by atoms with Gasteiger partial charge in [0.15, 0.2) is 12.2 Å². The molecule has 0 saturated heterocycles. The van der Waals surface area contributed by atoms with Crippen LogP contribution in [0.15, 0.2) is 28.6 Å². The van der Waals surface area contributed by atoms with Crippen molar-refractivity contribution in [2.24, 2.45) is 4.99 Å². The minimum atomic E-state index is -2.27. The van der Waals surface area contributed by atoms with Crippen LogP contribution in [-0.2, 0) is 9.59 Å². The monoisotopic (exact) mass is 356 g/mol. The SMILES string of the molecule is CN1CCCN=C1/C=C/c1cccs1.O=C(O)[C@H](O)[C@@H](O)C(=O)O. The Morgan fingerprint density at radius 1 is 1.25 bits per heavy atom. The fourth-order valence-electron chi connectivity index (χ4n) is 1.73. The molecule has 24 heavy (non-hydrogen) atoms. The highest BCUT2D eigenvalue weighted by Gasteiger charge is 2.29. The fourth-order valence-corrected chi connectivity index (χ4v) is 2.35. The van der Waals surface area contributed by atoms with Crippen molar-refractivity contribution in [3.63, 3.8) is 0 Å². The number of aliphatic hydroxyl groups excluding tert-OH is 2. The largest absolute Gasteiger partial charge is 0.479 e. The van der Waals surface area contributed by atoms with Crippen LogP contribution in [0.5, 0.6) is 0 Å². The number of likely N-dealkylation sites (N-methyl/N-ethyl adjacent to an activating group) is 1. The third-order valence-electron chi connectivity index (χ3n) is 3.06. The van der Waals surface area contributed by atoms with Crippen LogP contribution in [0.2, 0.25) is 0 Å². The Bertz CT molecular complexity index is 581. The zero-order valence-corrected chi connectivity index (χ0v) is 13.9. The molecule has 0 saturated carbocycles. The smallest absolute Gasteiger partial charge is 0.335 e. The maximum absolute atomic E-state index is 9.77. The van der Waals surface area contributed by atoms with E-state index in [0.29, 0.717) is 0 Å². The lowest BCUT2D eigenvalue weighted by atomic mass is 10.2. The van der Waals surface area contributed by atoms with Crippen LogP contribution in [0.3, 0.4) is 0 Å². The summed E-state index contributed by atoms with van der Waals surface area (Å²) in [6, 6.07) is 4.18. The molecule has 9 heteroatoms. The summed E-state index contributed by atoms with van der Waals surface area (Å²) in [7, 11) is 2.09. The number of hydrogen-bond acceptors (Lipinski definition) is 7. The minimum absolute atomic E-state index is 0.967. The summed E-state index contributed by atoms with van der Waals surface area (Å²) in [5.74, 6) is -2.44. The Balaban J connectivity index is 0.000000257. The Kier molecular flexibility index (Phi) is 8.10. The average Bonchev–Trinajstić information content (AvgIpc) is 3.06. The van der Waals surface area contributed by atoms with Gasteiger partial charge in [0.05, 0.1) is 0 Å². The molecule has 0 radical (unpaired) electrons. The van der Waals surface area contributed by atoms with Crippen LogP contribution in [0.25, 0.3) is 6.08 Å². The molecule has 0 aromatic carbocycles. The van der Waals surface area contributed by atoms with Crippen molar-refractivity contribution in [2.45, 2.75) is 18.6 Å². The Hall–Kier alpha value is -2.23. The molecule has 0 amide bonds. The number of carboxylic acid groups (broad SMARTS) is 2. The van der Waals surface area contributed by atoms with Gasteiger partial charge in [-0.2, -0.15) is 0 Å². The standard InChI is InChI=1S/C11H14N2S.C4H6O6/c1-13-8-3-7-12-11(13)6-5-10-4-2-9-14-10;5-1(3(7)8)2(6)4(9)10/h2,4-6,9H,3,7-8H2,1H3;1-2,5-6H,(H,7,8)(H,9,10)/b6-5+;/t;1-,2-/m.1/s1. The minimum Gasteiger partial charge on any atom is -0.479 e. The van der Waals surface area contributed by atoms with Crippen molar-refractivity contribution >= 4 is 35.2 Å². The van der Waals surface area contributed by atoms with Crippen LogP contribution in [0.1, 0.15) is 11.3 Å². The summed E-state index contributed by atoms with van der Waals surface area (Å²) in [4.78, 5) is 27.5. The van der Waals surface area contributed by atoms with Crippen molar-refractivity contribution in [1.29, 1.82) is 0 Å². The number of aliphatic carboxylic acids is 2. The molecular weight excluding hydrogens is 336 g/mol. The Morgan fingerprint density at radius 3 is 2.33 bits per heavy atom. The molecular formula is C15H20N2O6S. The van der Waals surface area contributed by atoms with Crippen LogP contribution in [0, 0.1) is 0 Å². The van der Waals surface area contributed by atoms with Gasteiger partial charge in [-0.3, -0.25) is 4.99 Å². The molecule has 1 aromatic heterocycles. The van der Waals surface area contributed by atoms with E-state index < -0.39 is 24.1 Å². The van der Waals surface area contributed by atoms with Gasteiger partial charge in [-0.25, -0.2) is 9.59 Å². The molecule has 4 N–H and O–H groups in total. The summed E-state index contributed by atoms with van der Waals surface area (Å²) in [6.07, 6.45) is 0.874. The van der Waals surface area contributed by atoms with Gasteiger partial charge >= 0.3 is 11.9 Å². The number of amidine groups is 1. The first-order valence-electron chi connectivity index (χ1n) is 7.12. The molecule has 2 atom stereocenters. The third-order valence-corrected chi connectivity index (χ3v) is 3.90. The fraction of sp³-hybridized carbons (Fsp3) is 0.400. The number of aliphatic imine (C=N–C) groups is 1. The Morgan fingerprint density at radius 2 is 1.88 bits per heavy atom. The number of aliphatic hydroxyl groups is 2. The topological polar surface area (TPSA) is 131 Å². The van der Waals surface area contributed by atoms with Crippen molar-refractivity contribution < 1.29 is 30.0 Å². The van der Waals surface area contributed by atoms with Crippen molar-refractivity contribution in [3.05, 3.63) is 28.5 Å². The van der Waals surface area contributed by atoms with E-state index in [-0.39, 0.29) is 0 Å². The first kappa shape index (κ1) is 19.8. The third kappa shape index (κ3) is 6.49. The number of carbonyl (C=O) groups is 2. The predicted molar refractivity (Wildman–Crippen MR) is 90.2 cm³/mol. The van der Waals surface area contributed by atoms with E-state index in [2.05, 4.69) is 46.6 Å². The lowest BCUT2D eigenvalue weighted by Gasteiger charge is -2.22. The van der Waals surface area contributed by atoms with E-state index in [4.69, 9.17) is 20.4 Å². The van der Waals surface area contributed by atoms with Crippen molar-refractivity contribution in [2.75, 3.05) is 20.1 Å². The lowest BCUT2D eigenvalue weighted by Crippen LogP contribution is -2.39. The van der Waals surface area contributed by atoms with Crippen LogP contribution < -0.4 is 0 Å². The van der Waals surface area contributed by atoms with Crippen LogP contribution in [-0.4, -0.2) is 75.4 Å². The zero-order chi connectivity index (χ0) is 18.1. The maximum atomic E-state index is 9.77. The second-order valence-electron chi connectivity index (χ2n) is 4.93. The molecule has 1 aliphatic rings. The summed E-state index contributed by atoms with van der Waals surface area (Å²) in [6.45, 7) is 2.09. The van der Waals surface area contributed by atoms with Gasteiger partial charge in [-0.1, -0.05) is 6.07 Å². The maximum Gasteiger partial charge on any atom is 0.335 e. The first-order chi connectivity index (χ1) is 11.3. The van der Waals surface area contributed by atoms with E-state index >= 15 is 0 Å². The summed E-state index contributed by atoms with van der Waals surface area (Å²) in [5.41, 5.74) is 0. The van der Waals surface area contributed by atoms with Gasteiger partial charge in [0.2, 0.25) is 0 Å². The van der Waals surface area contributed by atoms with Gasteiger partial charge in [0, 0.05) is 25.0 Å². The molecule has 1 aliphatic heterocycles. The second kappa shape index (κ2) is 9.81. The zero-order valence-electron chi connectivity index (χ0n) is 13.1. The van der Waals surface area contributed by atoms with Gasteiger partial charge < -0.3 is 25.3 Å². The quantitative estimate of drug-likeness (QED) is 0.599. The number of carboxylic acids is 2. The van der Waals surface area contributed by atoms with Gasteiger partial charge in [0.25, 0.3) is 0 Å². The molecule has 0 aliphatic carbocycles.